The molecule has 4 aromatic carbocycles. The van der Waals surface area contributed by atoms with E-state index in [4.69, 9.17) is 30.2 Å². The summed E-state index contributed by atoms with van der Waals surface area (Å²) in [6.07, 6.45) is 2.65. The van der Waals surface area contributed by atoms with Crippen LogP contribution in [0.3, 0.4) is 0 Å². The molecule has 0 bridgehead atoms. The van der Waals surface area contributed by atoms with Gasteiger partial charge in [0.05, 0.1) is 19.3 Å². The number of nitrogens with zero attached hydrogens (tertiary/aromatic N) is 1. The van der Waals surface area contributed by atoms with Gasteiger partial charge in [0.1, 0.15) is 17.9 Å². The van der Waals surface area contributed by atoms with Crippen molar-refractivity contribution >= 4 is 40.1 Å². The van der Waals surface area contributed by atoms with Crippen molar-refractivity contribution < 1.29 is 23.4 Å². The molecule has 0 unspecified atom stereocenters. The maximum Gasteiger partial charge on any atom is 0.231 e. The molecule has 0 aliphatic rings. The molecule has 202 valence electrons. The van der Waals surface area contributed by atoms with E-state index in [2.05, 4.69) is 4.98 Å². The van der Waals surface area contributed by atoms with Crippen LogP contribution in [0, 0.1) is 0 Å². The molecule has 1 aromatic heterocycles. The largest absolute Gasteiger partial charge is 0.494 e. The summed E-state index contributed by atoms with van der Waals surface area (Å²) in [6.45, 7) is 2.94. The molecule has 0 spiro atoms. The molecule has 1 heterocycles. The maximum atomic E-state index is 13.8. The van der Waals surface area contributed by atoms with Gasteiger partial charge < -0.3 is 18.6 Å². The molecule has 0 amide bonds. The lowest BCUT2D eigenvalue weighted by Crippen LogP contribution is -2.04. The predicted molar refractivity (Wildman–Crippen MR) is 157 cm³/mol. The highest BCUT2D eigenvalue weighted by Gasteiger charge is 2.21. The number of aromatic nitrogens is 1. The standard InChI is InChI=1S/C33H28ClNO5/c1-3-18-38-25-15-13-23(14-16-25)32(36)26(33-35-28-10-6-7-11-29(28)40-33)19-22-12-17-30(31(20-22)37-2)39-21-24-8-4-5-9-27(24)34/h4-17,19-20H,3,18,21H2,1-2H3. The summed E-state index contributed by atoms with van der Waals surface area (Å²) in [7, 11) is 1.57. The van der Waals surface area contributed by atoms with Crippen LogP contribution in [0.5, 0.6) is 17.2 Å². The van der Waals surface area contributed by atoms with Crippen LogP contribution in [-0.4, -0.2) is 24.5 Å². The highest BCUT2D eigenvalue weighted by Crippen LogP contribution is 2.32. The van der Waals surface area contributed by atoms with E-state index >= 15 is 0 Å². The number of ether oxygens (including phenoxy) is 3. The van der Waals surface area contributed by atoms with Crippen molar-refractivity contribution in [3.8, 4) is 17.2 Å². The number of para-hydroxylation sites is 2. The molecule has 0 saturated carbocycles. The summed E-state index contributed by atoms with van der Waals surface area (Å²) in [4.78, 5) is 18.4. The van der Waals surface area contributed by atoms with E-state index < -0.39 is 0 Å². The predicted octanol–water partition coefficient (Wildman–Crippen LogP) is 8.28. The fourth-order valence-corrected chi connectivity index (χ4v) is 4.31. The number of rotatable bonds is 11. The Morgan fingerprint density at radius 1 is 0.925 bits per heavy atom. The van der Waals surface area contributed by atoms with Crippen LogP contribution in [0.4, 0.5) is 0 Å². The molecule has 6 nitrogen and oxygen atoms in total. The third-order valence-corrected chi connectivity index (χ3v) is 6.57. The van der Waals surface area contributed by atoms with Gasteiger partial charge in [0.2, 0.25) is 5.89 Å². The van der Waals surface area contributed by atoms with Gasteiger partial charge in [-0.1, -0.05) is 54.9 Å². The molecule has 0 radical (unpaired) electrons. The number of Topliss-reactive ketones (excluding diaryl/α,β-unsaturated/α-hetero) is 1. The molecule has 0 aliphatic carbocycles. The van der Waals surface area contributed by atoms with Crippen molar-refractivity contribution in [2.24, 2.45) is 0 Å². The number of carbonyl (C=O) groups excluding carboxylic acids is 1. The number of hydrogen-bond donors (Lipinski definition) is 0. The lowest BCUT2D eigenvalue weighted by Gasteiger charge is -2.12. The van der Waals surface area contributed by atoms with E-state index in [0.717, 1.165) is 17.5 Å². The molecule has 0 aliphatic heterocycles. The molecule has 5 aromatic rings. The van der Waals surface area contributed by atoms with E-state index in [-0.39, 0.29) is 18.3 Å². The first-order valence-electron chi connectivity index (χ1n) is 12.9. The van der Waals surface area contributed by atoms with Gasteiger partial charge in [-0.25, -0.2) is 4.98 Å². The number of carbonyl (C=O) groups is 1. The minimum Gasteiger partial charge on any atom is -0.494 e. The van der Waals surface area contributed by atoms with E-state index in [1.54, 1.807) is 49.6 Å². The summed E-state index contributed by atoms with van der Waals surface area (Å²) in [5.74, 6) is 1.78. The summed E-state index contributed by atoms with van der Waals surface area (Å²) in [5.41, 5.74) is 3.65. The summed E-state index contributed by atoms with van der Waals surface area (Å²) < 4.78 is 23.3. The quantitative estimate of drug-likeness (QED) is 0.121. The number of ketones is 1. The summed E-state index contributed by atoms with van der Waals surface area (Å²) >= 11 is 6.27. The SMILES string of the molecule is CCCOc1ccc(C(=O)C(=Cc2ccc(OCc3ccccc3Cl)c(OC)c2)c2nc3ccccc3o2)cc1. The Morgan fingerprint density at radius 3 is 2.45 bits per heavy atom. The molecule has 0 N–H and O–H groups in total. The van der Waals surface area contributed by atoms with E-state index in [1.807, 2.05) is 61.5 Å². The third-order valence-electron chi connectivity index (χ3n) is 6.20. The first kappa shape index (κ1) is 27.0. The van der Waals surface area contributed by atoms with Crippen LogP contribution in [0.1, 0.15) is 40.7 Å². The van der Waals surface area contributed by atoms with Gasteiger partial charge in [0.25, 0.3) is 0 Å². The van der Waals surface area contributed by atoms with E-state index in [0.29, 0.717) is 51.1 Å². The van der Waals surface area contributed by atoms with Crippen LogP contribution in [0.25, 0.3) is 22.7 Å². The summed E-state index contributed by atoms with van der Waals surface area (Å²) in [6, 6.07) is 27.5. The Balaban J connectivity index is 1.48. The minimum atomic E-state index is -0.230. The average Bonchev–Trinajstić information content (AvgIpc) is 3.42. The van der Waals surface area contributed by atoms with Crippen molar-refractivity contribution in [2.45, 2.75) is 20.0 Å². The third kappa shape index (κ3) is 6.19. The number of benzene rings is 4. The Bertz CT molecular complexity index is 1620. The van der Waals surface area contributed by atoms with Crippen LogP contribution in [-0.2, 0) is 6.61 Å². The Morgan fingerprint density at radius 2 is 1.70 bits per heavy atom. The second-order valence-corrected chi connectivity index (χ2v) is 9.44. The summed E-state index contributed by atoms with van der Waals surface area (Å²) in [5, 5.41) is 0.632. The molecule has 5 rings (SSSR count). The zero-order valence-electron chi connectivity index (χ0n) is 22.2. The average molecular weight is 554 g/mol. The van der Waals surface area contributed by atoms with Gasteiger partial charge >= 0.3 is 0 Å². The van der Waals surface area contributed by atoms with Crippen LogP contribution >= 0.6 is 11.6 Å². The number of fused-ring (bicyclic) bond motifs is 1. The van der Waals surface area contributed by atoms with Crippen LogP contribution in [0.2, 0.25) is 5.02 Å². The Hall–Kier alpha value is -4.55. The molecule has 40 heavy (non-hydrogen) atoms. The van der Waals surface area contributed by atoms with Crippen molar-refractivity contribution in [2.75, 3.05) is 13.7 Å². The molecular formula is C33H28ClNO5. The van der Waals surface area contributed by atoms with Crippen LogP contribution < -0.4 is 14.2 Å². The number of halogens is 1. The first-order chi connectivity index (χ1) is 19.6. The second-order valence-electron chi connectivity index (χ2n) is 9.04. The first-order valence-corrected chi connectivity index (χ1v) is 13.3. The number of allylic oxidation sites excluding steroid dienone is 1. The number of hydrogen-bond acceptors (Lipinski definition) is 6. The van der Waals surface area contributed by atoms with Crippen molar-refractivity contribution in [1.82, 2.24) is 4.98 Å². The second kappa shape index (κ2) is 12.5. The van der Waals surface area contributed by atoms with Crippen molar-refractivity contribution in [3.05, 3.63) is 119 Å². The zero-order chi connectivity index (χ0) is 27.9. The molecule has 0 atom stereocenters. The highest BCUT2D eigenvalue weighted by atomic mass is 35.5. The monoisotopic (exact) mass is 553 g/mol. The number of methoxy groups -OCH3 is 1. The highest BCUT2D eigenvalue weighted by molar-refractivity contribution is 6.32. The normalized spacial score (nSPS) is 11.4. The van der Waals surface area contributed by atoms with Gasteiger partial charge in [-0.15, -0.1) is 0 Å². The lowest BCUT2D eigenvalue weighted by molar-refractivity contribution is 0.105. The zero-order valence-corrected chi connectivity index (χ0v) is 23.0. The molecular weight excluding hydrogens is 526 g/mol. The van der Waals surface area contributed by atoms with Gasteiger partial charge in [0.15, 0.2) is 22.9 Å². The van der Waals surface area contributed by atoms with Gasteiger partial charge in [-0.3, -0.25) is 4.79 Å². The Kier molecular flexibility index (Phi) is 8.47. The lowest BCUT2D eigenvalue weighted by atomic mass is 10.0. The minimum absolute atomic E-state index is 0.230. The van der Waals surface area contributed by atoms with Gasteiger partial charge in [0, 0.05) is 16.1 Å². The number of oxazole rings is 1. The smallest absolute Gasteiger partial charge is 0.231 e. The van der Waals surface area contributed by atoms with Crippen molar-refractivity contribution in [1.29, 1.82) is 0 Å². The van der Waals surface area contributed by atoms with Crippen molar-refractivity contribution in [3.63, 3.8) is 0 Å². The molecule has 0 fully saturated rings. The van der Waals surface area contributed by atoms with Gasteiger partial charge in [-0.05, 0) is 72.7 Å². The maximum absolute atomic E-state index is 13.8. The molecule has 0 saturated heterocycles. The van der Waals surface area contributed by atoms with E-state index in [1.165, 1.54) is 0 Å². The van der Waals surface area contributed by atoms with Crippen LogP contribution in [0.15, 0.2) is 95.4 Å². The fraction of sp³-hybridized carbons (Fsp3) is 0.152. The molecule has 7 heteroatoms. The fourth-order valence-electron chi connectivity index (χ4n) is 4.12. The van der Waals surface area contributed by atoms with Gasteiger partial charge in [-0.2, -0.15) is 0 Å². The van der Waals surface area contributed by atoms with E-state index in [9.17, 15) is 4.79 Å². The Labute approximate surface area is 237 Å². The topological polar surface area (TPSA) is 70.8 Å².